The number of nitrogens with zero attached hydrogens (tertiary/aromatic N) is 2. The highest BCUT2D eigenvalue weighted by Crippen LogP contribution is 2.47. The highest BCUT2D eigenvalue weighted by atomic mass is 16.5. The predicted molar refractivity (Wildman–Crippen MR) is 173 cm³/mol. The number of aliphatic hydroxyl groups excluding tert-OH is 1. The SMILES string of the molecule is CC1=C2C(=NC(C(C)C)C1)N(C)NC2C.CNC(O)/C(C)=C/C=C(\C)Oc1cc2c(cc1C)C(C)(C)CCC2(C)C. The molecule has 1 aromatic rings. The number of amidine groups is 1. The fraction of sp³-hybridized carbons (Fsp3) is 0.629. The minimum absolute atomic E-state index is 0.168. The number of aliphatic imine (C=N–C) groups is 1. The number of hydrazine groups is 1. The van der Waals surface area contributed by atoms with E-state index in [0.29, 0.717) is 18.0 Å². The Hall–Kier alpha value is -2.41. The van der Waals surface area contributed by atoms with Gasteiger partial charge in [-0.2, -0.15) is 0 Å². The van der Waals surface area contributed by atoms with Gasteiger partial charge in [0.15, 0.2) is 0 Å². The molecule has 4 rings (SSSR count). The van der Waals surface area contributed by atoms with Gasteiger partial charge in [-0.15, -0.1) is 0 Å². The smallest absolute Gasteiger partial charge is 0.142 e. The molecule has 6 heteroatoms. The summed E-state index contributed by atoms with van der Waals surface area (Å²) in [5.41, 5.74) is 11.6. The van der Waals surface area contributed by atoms with Crippen molar-refractivity contribution in [1.82, 2.24) is 15.8 Å². The molecule has 1 saturated heterocycles. The molecule has 41 heavy (non-hydrogen) atoms. The van der Waals surface area contributed by atoms with E-state index in [0.717, 1.165) is 29.3 Å². The van der Waals surface area contributed by atoms with Crippen LogP contribution in [0.3, 0.4) is 0 Å². The van der Waals surface area contributed by atoms with Gasteiger partial charge in [-0.25, -0.2) is 5.43 Å². The number of aryl methyl sites for hydroxylation is 1. The van der Waals surface area contributed by atoms with Crippen molar-refractivity contribution in [3.05, 3.63) is 63.5 Å². The number of ether oxygens (including phenoxy) is 1. The van der Waals surface area contributed by atoms with Crippen LogP contribution in [0.5, 0.6) is 5.75 Å². The highest BCUT2D eigenvalue weighted by Gasteiger charge is 2.38. The van der Waals surface area contributed by atoms with E-state index >= 15 is 0 Å². The van der Waals surface area contributed by atoms with Crippen LogP contribution in [0.25, 0.3) is 0 Å². The summed E-state index contributed by atoms with van der Waals surface area (Å²) in [4.78, 5) is 4.85. The van der Waals surface area contributed by atoms with Crippen LogP contribution in [-0.4, -0.2) is 48.4 Å². The molecule has 2 aliphatic heterocycles. The summed E-state index contributed by atoms with van der Waals surface area (Å²) in [7, 11) is 3.78. The van der Waals surface area contributed by atoms with E-state index < -0.39 is 6.23 Å². The summed E-state index contributed by atoms with van der Waals surface area (Å²) in [5.74, 6) is 3.51. The number of hydrogen-bond acceptors (Lipinski definition) is 6. The van der Waals surface area contributed by atoms with Gasteiger partial charge in [-0.1, -0.05) is 59.3 Å². The van der Waals surface area contributed by atoms with Gasteiger partial charge in [0.25, 0.3) is 0 Å². The minimum atomic E-state index is -0.632. The molecule has 3 N–H and O–H groups in total. The van der Waals surface area contributed by atoms with Gasteiger partial charge in [0.05, 0.1) is 12.1 Å². The van der Waals surface area contributed by atoms with Crippen LogP contribution in [0.4, 0.5) is 0 Å². The molecule has 0 aromatic heterocycles. The lowest BCUT2D eigenvalue weighted by Gasteiger charge is -2.42. The fourth-order valence-electron chi connectivity index (χ4n) is 6.11. The van der Waals surface area contributed by atoms with E-state index in [9.17, 15) is 5.11 Å². The third-order valence-corrected chi connectivity index (χ3v) is 9.12. The minimum Gasteiger partial charge on any atom is -0.462 e. The lowest BCUT2D eigenvalue weighted by molar-refractivity contribution is 0.183. The Kier molecular flexibility index (Phi) is 10.4. The van der Waals surface area contributed by atoms with Gasteiger partial charge >= 0.3 is 0 Å². The molecule has 0 saturated carbocycles. The number of fused-ring (bicyclic) bond motifs is 2. The molecule has 3 unspecified atom stereocenters. The molecule has 1 aliphatic carbocycles. The average molecular weight is 565 g/mol. The summed E-state index contributed by atoms with van der Waals surface area (Å²) in [6.07, 6.45) is 6.68. The average Bonchev–Trinajstić information content (AvgIpc) is 3.19. The zero-order valence-electron chi connectivity index (χ0n) is 28.0. The first-order valence-corrected chi connectivity index (χ1v) is 15.3. The Bertz CT molecular complexity index is 1230. The largest absolute Gasteiger partial charge is 0.462 e. The second kappa shape index (κ2) is 12.8. The van der Waals surface area contributed by atoms with E-state index in [4.69, 9.17) is 9.73 Å². The van der Waals surface area contributed by atoms with E-state index in [1.165, 1.54) is 40.7 Å². The first kappa shape index (κ1) is 33.1. The maximum Gasteiger partial charge on any atom is 0.142 e. The van der Waals surface area contributed by atoms with Crippen molar-refractivity contribution >= 4 is 5.84 Å². The van der Waals surface area contributed by atoms with Gasteiger partial charge in [0, 0.05) is 12.6 Å². The molecular formula is C35H56N4O2. The summed E-state index contributed by atoms with van der Waals surface area (Å²) < 4.78 is 6.15. The molecule has 2 heterocycles. The molecule has 228 valence electrons. The quantitative estimate of drug-likeness (QED) is 0.196. The Morgan fingerprint density at radius 3 is 2.24 bits per heavy atom. The predicted octanol–water partition coefficient (Wildman–Crippen LogP) is 7.08. The summed E-state index contributed by atoms with van der Waals surface area (Å²) in [6, 6.07) is 5.42. The number of aliphatic hydroxyl groups is 1. The highest BCUT2D eigenvalue weighted by molar-refractivity contribution is 6.02. The summed E-state index contributed by atoms with van der Waals surface area (Å²) in [6.45, 7) is 24.2. The number of rotatable bonds is 6. The molecule has 3 aliphatic rings. The number of benzene rings is 1. The van der Waals surface area contributed by atoms with E-state index in [-0.39, 0.29) is 10.8 Å². The number of nitrogens with one attached hydrogen (secondary N) is 2. The van der Waals surface area contributed by atoms with Crippen molar-refractivity contribution in [2.75, 3.05) is 14.1 Å². The van der Waals surface area contributed by atoms with Crippen molar-refractivity contribution in [1.29, 1.82) is 0 Å². The van der Waals surface area contributed by atoms with Crippen LogP contribution in [0.2, 0.25) is 0 Å². The summed E-state index contributed by atoms with van der Waals surface area (Å²) >= 11 is 0. The Morgan fingerprint density at radius 2 is 1.68 bits per heavy atom. The van der Waals surface area contributed by atoms with Crippen molar-refractivity contribution in [3.8, 4) is 5.75 Å². The standard InChI is InChI=1S/C23H35NO2.C12H21N3/c1-15(21(25)24-8)9-10-17(3)26-20-14-19-18(13-16(20)2)22(4,5)11-12-23(19,6)7;1-7(2)10-6-8(3)11-9(4)14-15(5)12(11)13-10/h9-10,13-14,21,24-25H,11-12H2,1-8H3;7,9-10,14H,6H2,1-5H3/b15-9+,17-10+;. The molecule has 0 amide bonds. The fourth-order valence-corrected chi connectivity index (χ4v) is 6.11. The van der Waals surface area contributed by atoms with Crippen LogP contribution in [0.15, 0.2) is 51.8 Å². The third kappa shape index (κ3) is 7.52. The van der Waals surface area contributed by atoms with Crippen LogP contribution in [-0.2, 0) is 10.8 Å². The Labute approximate surface area is 250 Å². The van der Waals surface area contributed by atoms with E-state index in [1.807, 2.05) is 26.0 Å². The molecule has 1 aromatic carbocycles. The van der Waals surface area contributed by atoms with Crippen LogP contribution in [0.1, 0.15) is 105 Å². The molecule has 6 nitrogen and oxygen atoms in total. The number of dihydropyridines is 1. The summed E-state index contributed by atoms with van der Waals surface area (Å²) in [5, 5.41) is 14.6. The zero-order chi connectivity index (χ0) is 30.9. The molecular weight excluding hydrogens is 508 g/mol. The molecule has 0 spiro atoms. The first-order chi connectivity index (χ1) is 19.0. The van der Waals surface area contributed by atoms with E-state index in [2.05, 4.69) is 97.2 Å². The number of hydrogen-bond donors (Lipinski definition) is 3. The normalized spacial score (nSPS) is 24.4. The van der Waals surface area contributed by atoms with Gasteiger partial charge in [0.1, 0.15) is 23.6 Å². The lowest BCUT2D eigenvalue weighted by Crippen LogP contribution is -2.34. The van der Waals surface area contributed by atoms with Gasteiger partial charge in [0.2, 0.25) is 0 Å². The molecule has 0 bridgehead atoms. The van der Waals surface area contributed by atoms with Crippen LogP contribution >= 0.6 is 0 Å². The maximum atomic E-state index is 9.76. The van der Waals surface area contributed by atoms with Crippen molar-refractivity contribution in [2.24, 2.45) is 10.9 Å². The zero-order valence-corrected chi connectivity index (χ0v) is 28.0. The van der Waals surface area contributed by atoms with Crippen molar-refractivity contribution < 1.29 is 9.84 Å². The van der Waals surface area contributed by atoms with Crippen LogP contribution in [0, 0.1) is 12.8 Å². The topological polar surface area (TPSA) is 69.1 Å². The van der Waals surface area contributed by atoms with Crippen molar-refractivity contribution in [2.45, 2.75) is 125 Å². The third-order valence-electron chi connectivity index (χ3n) is 9.12. The Morgan fingerprint density at radius 1 is 1.10 bits per heavy atom. The van der Waals surface area contributed by atoms with Crippen LogP contribution < -0.4 is 15.5 Å². The van der Waals surface area contributed by atoms with Gasteiger partial charge in [-0.05, 0) is 112 Å². The number of allylic oxidation sites excluding steroid dienone is 3. The van der Waals surface area contributed by atoms with E-state index in [1.54, 1.807) is 7.05 Å². The second-order valence-electron chi connectivity index (χ2n) is 14.0. The molecule has 3 atom stereocenters. The lowest BCUT2D eigenvalue weighted by atomic mass is 9.63. The number of likely N-dealkylation sites (N-methyl/N-ethyl adjacent to an activating group) is 2. The monoisotopic (exact) mass is 564 g/mol. The van der Waals surface area contributed by atoms with Gasteiger partial charge in [-0.3, -0.25) is 15.3 Å². The Balaban J connectivity index is 0.000000260. The molecule has 0 radical (unpaired) electrons. The molecule has 1 fully saturated rings. The maximum absolute atomic E-state index is 9.76. The second-order valence-corrected chi connectivity index (χ2v) is 14.0. The van der Waals surface area contributed by atoms with Crippen molar-refractivity contribution in [3.63, 3.8) is 0 Å². The first-order valence-electron chi connectivity index (χ1n) is 15.3. The van der Waals surface area contributed by atoms with Gasteiger partial charge < -0.3 is 9.84 Å².